The van der Waals surface area contributed by atoms with E-state index < -0.39 is 4.92 Å². The van der Waals surface area contributed by atoms with Gasteiger partial charge < -0.3 is 10.1 Å². The molecule has 0 radical (unpaired) electrons. The smallest absolute Gasteiger partial charge is 0.302 e. The van der Waals surface area contributed by atoms with E-state index in [4.69, 9.17) is 4.74 Å². The number of carbonyl (C=O) groups is 2. The number of esters is 1. The summed E-state index contributed by atoms with van der Waals surface area (Å²) in [6.07, 6.45) is 5.77. The van der Waals surface area contributed by atoms with Gasteiger partial charge >= 0.3 is 5.97 Å². The Morgan fingerprint density at radius 3 is 2.63 bits per heavy atom. The van der Waals surface area contributed by atoms with E-state index in [9.17, 15) is 19.7 Å². The number of thiazole rings is 1. The largest absolute Gasteiger partial charge is 0.465 e. The van der Waals surface area contributed by atoms with Crippen LogP contribution in [0.4, 0.5) is 10.8 Å². The van der Waals surface area contributed by atoms with Crippen LogP contribution in [0.5, 0.6) is 0 Å². The standard InChI is InChI=1S/C21H25N3O5S/c1-14(25)29-11-10-17-13-30-21(22-17)23-20(26)19(12-15-4-2-3-5-15)16-6-8-18(9-7-16)24(27)28/h6-9,13,15,19H,2-5,10-12H2,1H3,(H,22,23,26). The highest BCUT2D eigenvalue weighted by Crippen LogP contribution is 2.35. The Morgan fingerprint density at radius 1 is 1.30 bits per heavy atom. The van der Waals surface area contributed by atoms with Crippen molar-refractivity contribution in [2.45, 2.75) is 51.4 Å². The van der Waals surface area contributed by atoms with Gasteiger partial charge in [-0.15, -0.1) is 11.3 Å². The molecule has 1 unspecified atom stereocenters. The minimum absolute atomic E-state index is 0.0103. The number of nitro groups is 1. The fourth-order valence-corrected chi connectivity index (χ4v) is 4.52. The number of nitro benzene ring substituents is 1. The lowest BCUT2D eigenvalue weighted by molar-refractivity contribution is -0.384. The summed E-state index contributed by atoms with van der Waals surface area (Å²) in [5, 5.41) is 16.2. The molecule has 1 aliphatic rings. The van der Waals surface area contributed by atoms with Crippen LogP contribution in [-0.4, -0.2) is 28.4 Å². The van der Waals surface area contributed by atoms with Gasteiger partial charge in [-0.3, -0.25) is 19.7 Å². The van der Waals surface area contributed by atoms with Gasteiger partial charge in [-0.25, -0.2) is 4.98 Å². The van der Waals surface area contributed by atoms with Gasteiger partial charge in [0.2, 0.25) is 5.91 Å². The van der Waals surface area contributed by atoms with E-state index in [1.165, 1.54) is 43.2 Å². The van der Waals surface area contributed by atoms with Gasteiger partial charge in [0.05, 0.1) is 23.1 Å². The molecule has 8 nitrogen and oxygen atoms in total. The minimum atomic E-state index is -0.442. The zero-order valence-corrected chi connectivity index (χ0v) is 17.7. The second-order valence-corrected chi connectivity index (χ2v) is 8.37. The number of amides is 1. The van der Waals surface area contributed by atoms with E-state index in [-0.39, 0.29) is 30.1 Å². The molecule has 2 aromatic rings. The van der Waals surface area contributed by atoms with Crippen molar-refractivity contribution >= 4 is 34.0 Å². The Hall–Kier alpha value is -2.81. The molecule has 1 saturated carbocycles. The van der Waals surface area contributed by atoms with E-state index in [0.717, 1.165) is 24.1 Å². The Labute approximate surface area is 178 Å². The number of non-ortho nitro benzene ring substituents is 1. The maximum Gasteiger partial charge on any atom is 0.302 e. The number of rotatable bonds is 9. The highest BCUT2D eigenvalue weighted by Gasteiger charge is 2.27. The van der Waals surface area contributed by atoms with Crippen LogP contribution in [0.15, 0.2) is 29.6 Å². The second-order valence-electron chi connectivity index (χ2n) is 7.51. The lowest BCUT2D eigenvalue weighted by atomic mass is 9.87. The van der Waals surface area contributed by atoms with Crippen LogP contribution in [-0.2, 0) is 20.7 Å². The van der Waals surface area contributed by atoms with Gasteiger partial charge in [-0.05, 0) is 17.9 Å². The van der Waals surface area contributed by atoms with Crippen molar-refractivity contribution in [3.63, 3.8) is 0 Å². The molecule has 3 rings (SSSR count). The van der Waals surface area contributed by atoms with Gasteiger partial charge in [0, 0.05) is 30.9 Å². The van der Waals surface area contributed by atoms with Crippen molar-refractivity contribution in [1.29, 1.82) is 0 Å². The third-order valence-electron chi connectivity index (χ3n) is 5.31. The minimum Gasteiger partial charge on any atom is -0.465 e. The van der Waals surface area contributed by atoms with Crippen LogP contribution >= 0.6 is 11.3 Å². The first-order chi connectivity index (χ1) is 14.4. The normalized spacial score (nSPS) is 15.0. The van der Waals surface area contributed by atoms with E-state index in [0.29, 0.717) is 23.9 Å². The summed E-state index contributed by atoms with van der Waals surface area (Å²) < 4.78 is 4.92. The quantitative estimate of drug-likeness (QED) is 0.356. The van der Waals surface area contributed by atoms with E-state index in [1.54, 1.807) is 12.1 Å². The van der Waals surface area contributed by atoms with Crippen LogP contribution in [0.2, 0.25) is 0 Å². The molecule has 0 spiro atoms. The number of benzene rings is 1. The first-order valence-electron chi connectivity index (χ1n) is 10.1. The number of carbonyl (C=O) groups excluding carboxylic acids is 2. The molecule has 1 N–H and O–H groups in total. The maximum absolute atomic E-state index is 13.1. The van der Waals surface area contributed by atoms with E-state index in [2.05, 4.69) is 10.3 Å². The third kappa shape index (κ3) is 6.09. The molecule has 30 heavy (non-hydrogen) atoms. The van der Waals surface area contributed by atoms with Crippen molar-refractivity contribution in [3.05, 3.63) is 51.0 Å². The predicted octanol–water partition coefficient (Wildman–Crippen LogP) is 4.46. The Bertz CT molecular complexity index is 890. The molecule has 0 bridgehead atoms. The van der Waals surface area contributed by atoms with Crippen LogP contribution in [0.1, 0.15) is 56.2 Å². The molecule has 1 aromatic heterocycles. The molecule has 0 aliphatic heterocycles. The lowest BCUT2D eigenvalue weighted by Crippen LogP contribution is -2.23. The van der Waals surface area contributed by atoms with Gasteiger partial charge in [0.1, 0.15) is 0 Å². The summed E-state index contributed by atoms with van der Waals surface area (Å²) in [5.41, 5.74) is 1.53. The van der Waals surface area contributed by atoms with E-state index in [1.807, 2.05) is 5.38 Å². The zero-order valence-electron chi connectivity index (χ0n) is 16.8. The second kappa shape index (κ2) is 10.3. The topological polar surface area (TPSA) is 111 Å². The highest BCUT2D eigenvalue weighted by molar-refractivity contribution is 7.13. The first-order valence-corrected chi connectivity index (χ1v) is 10.9. The number of aromatic nitrogens is 1. The monoisotopic (exact) mass is 431 g/mol. The summed E-state index contributed by atoms with van der Waals surface area (Å²) >= 11 is 1.33. The number of hydrogen-bond acceptors (Lipinski definition) is 7. The van der Waals surface area contributed by atoms with Crippen molar-refractivity contribution in [2.75, 3.05) is 11.9 Å². The summed E-state index contributed by atoms with van der Waals surface area (Å²) in [5.74, 6) is -0.401. The molecule has 1 atom stereocenters. The highest BCUT2D eigenvalue weighted by atomic mass is 32.1. The summed E-state index contributed by atoms with van der Waals surface area (Å²) in [4.78, 5) is 38.8. The van der Waals surface area contributed by atoms with Crippen molar-refractivity contribution in [2.24, 2.45) is 5.92 Å². The SMILES string of the molecule is CC(=O)OCCc1csc(NC(=O)C(CC2CCCC2)c2ccc([N+](=O)[O-])cc2)n1. The van der Waals surface area contributed by atoms with Crippen LogP contribution in [0.3, 0.4) is 0 Å². The number of hydrogen-bond donors (Lipinski definition) is 1. The number of anilines is 1. The molecule has 160 valence electrons. The molecule has 1 aromatic carbocycles. The average Bonchev–Trinajstić information content (AvgIpc) is 3.38. The first kappa shape index (κ1) is 21.9. The van der Waals surface area contributed by atoms with Gasteiger partial charge in [0.25, 0.3) is 5.69 Å². The number of nitrogens with zero attached hydrogens (tertiary/aromatic N) is 2. The number of ether oxygens (including phenoxy) is 1. The molecular formula is C21H25N3O5S. The zero-order chi connectivity index (χ0) is 21.5. The van der Waals surface area contributed by atoms with Gasteiger partial charge in [-0.1, -0.05) is 37.8 Å². The molecular weight excluding hydrogens is 406 g/mol. The lowest BCUT2D eigenvalue weighted by Gasteiger charge is -2.20. The summed E-state index contributed by atoms with van der Waals surface area (Å²) in [7, 11) is 0. The molecule has 9 heteroatoms. The average molecular weight is 432 g/mol. The molecule has 1 fully saturated rings. The van der Waals surface area contributed by atoms with Crippen LogP contribution in [0.25, 0.3) is 0 Å². The van der Waals surface area contributed by atoms with Crippen molar-refractivity contribution < 1.29 is 19.2 Å². The van der Waals surface area contributed by atoms with Crippen molar-refractivity contribution in [1.82, 2.24) is 4.98 Å². The predicted molar refractivity (Wildman–Crippen MR) is 113 cm³/mol. The Kier molecular flexibility index (Phi) is 7.51. The molecule has 1 aliphatic carbocycles. The molecule has 1 amide bonds. The van der Waals surface area contributed by atoms with Gasteiger partial charge in [0.15, 0.2) is 5.13 Å². The fraction of sp³-hybridized carbons (Fsp3) is 0.476. The Morgan fingerprint density at radius 2 is 2.00 bits per heavy atom. The van der Waals surface area contributed by atoms with E-state index >= 15 is 0 Å². The molecule has 0 saturated heterocycles. The summed E-state index contributed by atoms with van der Waals surface area (Å²) in [6.45, 7) is 1.61. The molecule has 1 heterocycles. The van der Waals surface area contributed by atoms with Crippen molar-refractivity contribution in [3.8, 4) is 0 Å². The van der Waals surface area contributed by atoms with Crippen LogP contribution in [0, 0.1) is 16.0 Å². The van der Waals surface area contributed by atoms with Gasteiger partial charge in [-0.2, -0.15) is 0 Å². The van der Waals surface area contributed by atoms with Crippen LogP contribution < -0.4 is 5.32 Å². The Balaban J connectivity index is 1.69. The maximum atomic E-state index is 13.1. The summed E-state index contributed by atoms with van der Waals surface area (Å²) in [6, 6.07) is 6.23. The third-order valence-corrected chi connectivity index (χ3v) is 6.12. The number of nitrogens with one attached hydrogen (secondary N) is 1. The fourth-order valence-electron chi connectivity index (χ4n) is 3.77.